The SMILES string of the molecule is CC(=O)Oc1cccc(C23CCN(C)CC2C(O)CC(N(C)C(=O)CCCCCc2ccccc2)C3)c1. The van der Waals surface area contributed by atoms with Crippen LogP contribution in [0.15, 0.2) is 54.6 Å². The van der Waals surface area contributed by atoms with E-state index in [1.165, 1.54) is 12.5 Å². The van der Waals surface area contributed by atoms with Crippen molar-refractivity contribution in [2.45, 2.75) is 75.9 Å². The quantitative estimate of drug-likeness (QED) is 0.306. The summed E-state index contributed by atoms with van der Waals surface area (Å²) < 4.78 is 5.40. The zero-order valence-corrected chi connectivity index (χ0v) is 22.6. The van der Waals surface area contributed by atoms with E-state index >= 15 is 0 Å². The Morgan fingerprint density at radius 3 is 2.65 bits per heavy atom. The van der Waals surface area contributed by atoms with E-state index in [2.05, 4.69) is 42.3 Å². The van der Waals surface area contributed by atoms with Gasteiger partial charge in [-0.25, -0.2) is 0 Å². The third-order valence-corrected chi connectivity index (χ3v) is 8.55. The summed E-state index contributed by atoms with van der Waals surface area (Å²) in [6.45, 7) is 3.14. The number of rotatable bonds is 9. The van der Waals surface area contributed by atoms with Crippen molar-refractivity contribution in [3.8, 4) is 5.75 Å². The van der Waals surface area contributed by atoms with Crippen molar-refractivity contribution >= 4 is 11.9 Å². The van der Waals surface area contributed by atoms with Crippen molar-refractivity contribution in [2.75, 3.05) is 27.2 Å². The van der Waals surface area contributed by atoms with Crippen LogP contribution >= 0.6 is 0 Å². The molecule has 2 fully saturated rings. The number of amides is 1. The number of fused-ring (bicyclic) bond motifs is 1. The van der Waals surface area contributed by atoms with Crippen LogP contribution in [-0.2, 0) is 21.4 Å². The maximum absolute atomic E-state index is 13.2. The molecule has 4 atom stereocenters. The molecule has 4 rings (SSSR count). The number of carbonyl (C=O) groups excluding carboxylic acids is 2. The Labute approximate surface area is 221 Å². The zero-order valence-electron chi connectivity index (χ0n) is 22.6. The van der Waals surface area contributed by atoms with Gasteiger partial charge in [-0.1, -0.05) is 48.9 Å². The molecule has 6 heteroatoms. The van der Waals surface area contributed by atoms with E-state index in [0.717, 1.165) is 57.2 Å². The van der Waals surface area contributed by atoms with Crippen molar-refractivity contribution in [3.63, 3.8) is 0 Å². The molecule has 1 amide bonds. The third-order valence-electron chi connectivity index (χ3n) is 8.55. The molecule has 200 valence electrons. The van der Waals surface area contributed by atoms with Gasteiger partial charge in [0.05, 0.1) is 6.10 Å². The van der Waals surface area contributed by atoms with E-state index in [9.17, 15) is 14.7 Å². The van der Waals surface area contributed by atoms with E-state index in [0.29, 0.717) is 18.6 Å². The maximum atomic E-state index is 13.2. The molecular weight excluding hydrogens is 464 g/mol. The van der Waals surface area contributed by atoms with Crippen molar-refractivity contribution in [1.82, 2.24) is 9.80 Å². The standard InChI is InChI=1S/C31H42N2O4/c1-23(34)37-27-15-10-14-25(19-27)31-17-18-32(2)22-28(31)29(35)20-26(21-31)33(3)30(36)16-9-5-8-13-24-11-6-4-7-12-24/h4,6-7,10-12,14-15,19,26,28-29,35H,5,8-9,13,16-18,20-22H2,1-3H3. The molecule has 1 aliphatic carbocycles. The van der Waals surface area contributed by atoms with Crippen LogP contribution in [0.4, 0.5) is 0 Å². The Kier molecular flexibility index (Phi) is 9.04. The number of hydrogen-bond donors (Lipinski definition) is 1. The first-order chi connectivity index (χ1) is 17.8. The number of likely N-dealkylation sites (tertiary alicyclic amines) is 1. The minimum atomic E-state index is -0.500. The first-order valence-corrected chi connectivity index (χ1v) is 13.7. The van der Waals surface area contributed by atoms with Gasteiger partial charge in [0.25, 0.3) is 0 Å². The molecule has 1 saturated carbocycles. The highest BCUT2D eigenvalue weighted by atomic mass is 16.5. The van der Waals surface area contributed by atoms with E-state index in [4.69, 9.17) is 4.74 Å². The molecule has 2 aliphatic rings. The van der Waals surface area contributed by atoms with Crippen LogP contribution in [0, 0.1) is 5.92 Å². The van der Waals surface area contributed by atoms with Crippen LogP contribution in [0.2, 0.25) is 0 Å². The van der Waals surface area contributed by atoms with Gasteiger partial charge < -0.3 is 19.6 Å². The molecular formula is C31H42N2O4. The Morgan fingerprint density at radius 2 is 1.89 bits per heavy atom. The molecule has 0 spiro atoms. The lowest BCUT2D eigenvalue weighted by molar-refractivity contribution is -0.136. The van der Waals surface area contributed by atoms with E-state index in [1.54, 1.807) is 6.07 Å². The molecule has 1 N–H and O–H groups in total. The number of unbranched alkanes of at least 4 members (excludes halogenated alkanes) is 2. The van der Waals surface area contributed by atoms with E-state index in [1.807, 2.05) is 30.1 Å². The fraction of sp³-hybridized carbons (Fsp3) is 0.548. The number of nitrogens with zero attached hydrogens (tertiary/aromatic N) is 2. The van der Waals surface area contributed by atoms with E-state index in [-0.39, 0.29) is 29.3 Å². The van der Waals surface area contributed by atoms with Gasteiger partial charge in [-0.2, -0.15) is 0 Å². The van der Waals surface area contributed by atoms with Gasteiger partial charge in [-0.15, -0.1) is 0 Å². The van der Waals surface area contributed by atoms with Crippen LogP contribution in [0.3, 0.4) is 0 Å². The topological polar surface area (TPSA) is 70.1 Å². The number of aryl methyl sites for hydroxylation is 1. The summed E-state index contributed by atoms with van der Waals surface area (Å²) in [5, 5.41) is 11.4. The lowest BCUT2D eigenvalue weighted by Gasteiger charge is -2.55. The Hall–Kier alpha value is -2.70. The van der Waals surface area contributed by atoms with Gasteiger partial charge in [-0.05, 0) is 75.4 Å². The van der Waals surface area contributed by atoms with Crippen molar-refractivity contribution in [3.05, 3.63) is 65.7 Å². The summed E-state index contributed by atoms with van der Waals surface area (Å²) in [5.41, 5.74) is 2.17. The molecule has 2 aromatic carbocycles. The largest absolute Gasteiger partial charge is 0.427 e. The number of piperidine rings is 1. The number of hydrogen-bond acceptors (Lipinski definition) is 5. The molecule has 6 nitrogen and oxygen atoms in total. The number of esters is 1. The molecule has 0 bridgehead atoms. The number of aliphatic hydroxyl groups is 1. The van der Waals surface area contributed by atoms with Crippen LogP contribution < -0.4 is 4.74 Å². The zero-order chi connectivity index (χ0) is 26.4. The summed E-state index contributed by atoms with van der Waals surface area (Å²) in [6.07, 6.45) is 6.39. The van der Waals surface area contributed by atoms with E-state index < -0.39 is 6.10 Å². The van der Waals surface area contributed by atoms with Gasteiger partial charge in [0, 0.05) is 44.3 Å². The average molecular weight is 507 g/mol. The van der Waals surface area contributed by atoms with Crippen LogP contribution in [-0.4, -0.2) is 66.1 Å². The average Bonchev–Trinajstić information content (AvgIpc) is 2.88. The Morgan fingerprint density at radius 1 is 1.11 bits per heavy atom. The van der Waals surface area contributed by atoms with Crippen molar-refractivity contribution < 1.29 is 19.4 Å². The smallest absolute Gasteiger partial charge is 0.308 e. The second-order valence-electron chi connectivity index (χ2n) is 11.1. The maximum Gasteiger partial charge on any atom is 0.308 e. The predicted octanol–water partition coefficient (Wildman–Crippen LogP) is 4.59. The molecule has 0 radical (unpaired) electrons. The van der Waals surface area contributed by atoms with Crippen LogP contribution in [0.25, 0.3) is 0 Å². The highest BCUT2D eigenvalue weighted by Gasteiger charge is 2.52. The van der Waals surface area contributed by atoms with Crippen molar-refractivity contribution in [2.24, 2.45) is 5.92 Å². The minimum Gasteiger partial charge on any atom is -0.427 e. The Bertz CT molecular complexity index is 1060. The molecule has 1 heterocycles. The fourth-order valence-corrected chi connectivity index (χ4v) is 6.48. The van der Waals surface area contributed by atoms with Gasteiger partial charge in [0.2, 0.25) is 5.91 Å². The van der Waals surface area contributed by atoms with Crippen LogP contribution in [0.5, 0.6) is 5.75 Å². The van der Waals surface area contributed by atoms with Crippen molar-refractivity contribution in [1.29, 1.82) is 0 Å². The van der Waals surface area contributed by atoms with Gasteiger partial charge >= 0.3 is 5.97 Å². The highest BCUT2D eigenvalue weighted by molar-refractivity contribution is 5.76. The summed E-state index contributed by atoms with van der Waals surface area (Å²) in [6, 6.07) is 18.2. The normalized spacial score (nSPS) is 25.8. The first kappa shape index (κ1) is 27.3. The predicted molar refractivity (Wildman–Crippen MR) is 145 cm³/mol. The van der Waals surface area contributed by atoms with Crippen LogP contribution in [0.1, 0.15) is 63.0 Å². The number of carbonyl (C=O) groups is 2. The lowest BCUT2D eigenvalue weighted by atomic mass is 9.57. The molecule has 2 aromatic rings. The minimum absolute atomic E-state index is 0.0242. The van der Waals surface area contributed by atoms with Gasteiger partial charge in [-0.3, -0.25) is 9.59 Å². The molecule has 1 saturated heterocycles. The van der Waals surface area contributed by atoms with Gasteiger partial charge in [0.15, 0.2) is 0 Å². The monoisotopic (exact) mass is 506 g/mol. The number of ether oxygens (including phenoxy) is 1. The third kappa shape index (κ3) is 6.60. The molecule has 0 aromatic heterocycles. The summed E-state index contributed by atoms with van der Waals surface area (Å²) in [5.74, 6) is 0.419. The molecule has 4 unspecified atom stereocenters. The first-order valence-electron chi connectivity index (χ1n) is 13.7. The second kappa shape index (κ2) is 12.2. The molecule has 1 aliphatic heterocycles. The summed E-state index contributed by atoms with van der Waals surface area (Å²) in [7, 11) is 4.01. The fourth-order valence-electron chi connectivity index (χ4n) is 6.48. The molecule has 37 heavy (non-hydrogen) atoms. The second-order valence-corrected chi connectivity index (χ2v) is 11.1. The van der Waals surface area contributed by atoms with Gasteiger partial charge in [0.1, 0.15) is 5.75 Å². The number of benzene rings is 2. The summed E-state index contributed by atoms with van der Waals surface area (Å²) >= 11 is 0. The summed E-state index contributed by atoms with van der Waals surface area (Å²) in [4.78, 5) is 28.9. The number of aliphatic hydroxyl groups excluding tert-OH is 1. The Balaban J connectivity index is 1.43. The lowest BCUT2D eigenvalue weighted by Crippen LogP contribution is -2.60. The highest BCUT2D eigenvalue weighted by Crippen LogP contribution is 2.50.